The Hall–Kier alpha value is -1.24. The maximum atomic E-state index is 5.03. The van der Waals surface area contributed by atoms with E-state index in [2.05, 4.69) is 15.3 Å². The van der Waals surface area contributed by atoms with Gasteiger partial charge in [-0.1, -0.05) is 0 Å². The Labute approximate surface area is 115 Å². The van der Waals surface area contributed by atoms with Crippen LogP contribution in [0.25, 0.3) is 0 Å². The third-order valence-electron chi connectivity index (χ3n) is 2.69. The predicted molar refractivity (Wildman–Crippen MR) is 75.4 cm³/mol. The van der Waals surface area contributed by atoms with E-state index in [1.807, 2.05) is 24.3 Å². The van der Waals surface area contributed by atoms with Crippen molar-refractivity contribution in [2.24, 2.45) is 0 Å². The van der Waals surface area contributed by atoms with Crippen molar-refractivity contribution in [3.63, 3.8) is 0 Å². The quantitative estimate of drug-likeness (QED) is 0.630. The summed E-state index contributed by atoms with van der Waals surface area (Å²) < 4.78 is 9.99. The van der Waals surface area contributed by atoms with Crippen LogP contribution in [-0.4, -0.2) is 57.5 Å². The van der Waals surface area contributed by atoms with Gasteiger partial charge in [0, 0.05) is 65.5 Å². The molecule has 1 aromatic heterocycles. The highest BCUT2D eigenvalue weighted by atomic mass is 16.5. The molecule has 0 aromatic carbocycles. The van der Waals surface area contributed by atoms with E-state index in [-0.39, 0.29) is 0 Å². The second-order valence-electron chi connectivity index (χ2n) is 4.33. The van der Waals surface area contributed by atoms with E-state index in [1.54, 1.807) is 14.2 Å². The average Bonchev–Trinajstić information content (AvgIpc) is 2.44. The Morgan fingerprint density at radius 2 is 1.84 bits per heavy atom. The molecule has 0 bridgehead atoms. The minimum Gasteiger partial charge on any atom is -0.385 e. The Morgan fingerprint density at radius 3 is 2.47 bits per heavy atom. The molecule has 0 amide bonds. The first-order valence-electron chi connectivity index (χ1n) is 6.48. The van der Waals surface area contributed by atoms with Gasteiger partial charge in [-0.15, -0.1) is 0 Å². The number of ether oxygens (including phenoxy) is 2. The molecule has 0 atom stereocenters. The molecule has 0 radical (unpaired) electrons. The van der Waals surface area contributed by atoms with Crippen LogP contribution >= 0.6 is 0 Å². The van der Waals surface area contributed by atoms with Crippen molar-refractivity contribution in [2.75, 3.05) is 52.5 Å². The third kappa shape index (κ3) is 6.47. The lowest BCUT2D eigenvalue weighted by Gasteiger charge is -2.16. The number of aromatic nitrogens is 2. The summed E-state index contributed by atoms with van der Waals surface area (Å²) in [6.45, 7) is 3.94. The topological polar surface area (TPSA) is 59.5 Å². The van der Waals surface area contributed by atoms with Crippen molar-refractivity contribution in [1.82, 2.24) is 15.3 Å². The zero-order valence-electron chi connectivity index (χ0n) is 12.1. The lowest BCUT2D eigenvalue weighted by atomic mass is 10.3. The van der Waals surface area contributed by atoms with E-state index in [0.717, 1.165) is 44.2 Å². The van der Waals surface area contributed by atoms with Crippen LogP contribution in [0.1, 0.15) is 12.0 Å². The summed E-state index contributed by atoms with van der Waals surface area (Å²) in [5.41, 5.74) is 1.07. The normalized spacial score (nSPS) is 10.7. The lowest BCUT2D eigenvalue weighted by molar-refractivity contribution is 0.196. The highest BCUT2D eigenvalue weighted by molar-refractivity contribution is 5.28. The fourth-order valence-corrected chi connectivity index (χ4v) is 1.59. The van der Waals surface area contributed by atoms with E-state index in [0.29, 0.717) is 6.61 Å². The van der Waals surface area contributed by atoms with E-state index < -0.39 is 0 Å². The van der Waals surface area contributed by atoms with Gasteiger partial charge in [0.05, 0.1) is 6.61 Å². The Bertz CT molecular complexity index is 332. The van der Waals surface area contributed by atoms with Crippen LogP contribution in [0.5, 0.6) is 0 Å². The number of nitrogens with one attached hydrogen (secondary N) is 1. The van der Waals surface area contributed by atoms with Crippen molar-refractivity contribution in [1.29, 1.82) is 0 Å². The summed E-state index contributed by atoms with van der Waals surface area (Å²) in [5.74, 6) is 0.747. The highest BCUT2D eigenvalue weighted by Gasteiger charge is 2.03. The van der Waals surface area contributed by atoms with Gasteiger partial charge in [-0.05, 0) is 6.42 Å². The second-order valence-corrected chi connectivity index (χ2v) is 4.33. The van der Waals surface area contributed by atoms with Crippen LogP contribution in [0.15, 0.2) is 12.4 Å². The maximum absolute atomic E-state index is 5.03. The molecule has 0 spiro atoms. The second kappa shape index (κ2) is 9.66. The summed E-state index contributed by atoms with van der Waals surface area (Å²) in [5, 5.41) is 3.26. The molecule has 0 unspecified atom stereocenters. The molecule has 108 valence electrons. The number of hydrogen-bond donors (Lipinski definition) is 1. The largest absolute Gasteiger partial charge is 0.385 e. The first kappa shape index (κ1) is 15.8. The molecule has 19 heavy (non-hydrogen) atoms. The van der Waals surface area contributed by atoms with Crippen LogP contribution < -0.4 is 10.2 Å². The number of anilines is 1. The third-order valence-corrected chi connectivity index (χ3v) is 2.69. The van der Waals surface area contributed by atoms with Gasteiger partial charge < -0.3 is 19.7 Å². The minimum atomic E-state index is 0.710. The van der Waals surface area contributed by atoms with Crippen LogP contribution in [0, 0.1) is 0 Å². The minimum absolute atomic E-state index is 0.710. The molecular formula is C13H24N4O2. The van der Waals surface area contributed by atoms with Crippen molar-refractivity contribution >= 4 is 5.95 Å². The van der Waals surface area contributed by atoms with Crippen LogP contribution in [-0.2, 0) is 16.0 Å². The monoisotopic (exact) mass is 268 g/mol. The zero-order chi connectivity index (χ0) is 13.9. The average molecular weight is 268 g/mol. The van der Waals surface area contributed by atoms with Crippen molar-refractivity contribution < 1.29 is 9.47 Å². The fourth-order valence-electron chi connectivity index (χ4n) is 1.59. The molecule has 0 saturated carbocycles. The number of rotatable bonds is 10. The summed E-state index contributed by atoms with van der Waals surface area (Å²) in [6.07, 6.45) is 4.68. The van der Waals surface area contributed by atoms with E-state index in [4.69, 9.17) is 9.47 Å². The van der Waals surface area contributed by atoms with E-state index in [1.165, 1.54) is 0 Å². The number of methoxy groups -OCH3 is 2. The first-order chi connectivity index (χ1) is 9.27. The summed E-state index contributed by atoms with van der Waals surface area (Å²) in [6, 6.07) is 0. The van der Waals surface area contributed by atoms with Gasteiger partial charge >= 0.3 is 0 Å². The summed E-state index contributed by atoms with van der Waals surface area (Å²) in [7, 11) is 5.39. The Kier molecular flexibility index (Phi) is 8.04. The fraction of sp³-hybridized carbons (Fsp3) is 0.692. The standard InChI is InChI=1S/C13H24N4O2/c1-17(6-4-7-18-2)13-15-10-12(11-16-13)9-14-5-8-19-3/h10-11,14H,4-9H2,1-3H3. The van der Waals surface area contributed by atoms with Crippen LogP contribution in [0.2, 0.25) is 0 Å². The highest BCUT2D eigenvalue weighted by Crippen LogP contribution is 2.05. The molecule has 6 nitrogen and oxygen atoms in total. The maximum Gasteiger partial charge on any atom is 0.224 e. The zero-order valence-corrected chi connectivity index (χ0v) is 12.1. The molecule has 0 saturated heterocycles. The molecule has 6 heteroatoms. The summed E-state index contributed by atoms with van der Waals surface area (Å²) in [4.78, 5) is 10.7. The van der Waals surface area contributed by atoms with Crippen molar-refractivity contribution in [2.45, 2.75) is 13.0 Å². The lowest BCUT2D eigenvalue weighted by Crippen LogP contribution is -2.22. The smallest absolute Gasteiger partial charge is 0.224 e. The van der Waals surface area contributed by atoms with Crippen molar-refractivity contribution in [3.8, 4) is 0 Å². The van der Waals surface area contributed by atoms with Gasteiger partial charge in [0.1, 0.15) is 0 Å². The molecule has 0 aliphatic carbocycles. The SMILES string of the molecule is COCCCN(C)c1ncc(CNCCOC)cn1. The molecule has 1 N–H and O–H groups in total. The molecule has 0 fully saturated rings. The van der Waals surface area contributed by atoms with Gasteiger partial charge in [0.2, 0.25) is 5.95 Å². The number of nitrogens with zero attached hydrogens (tertiary/aromatic N) is 3. The van der Waals surface area contributed by atoms with E-state index in [9.17, 15) is 0 Å². The molecular weight excluding hydrogens is 244 g/mol. The molecule has 1 rings (SSSR count). The van der Waals surface area contributed by atoms with Gasteiger partial charge in [-0.25, -0.2) is 9.97 Å². The first-order valence-corrected chi connectivity index (χ1v) is 6.48. The van der Waals surface area contributed by atoms with Crippen LogP contribution in [0.3, 0.4) is 0 Å². The van der Waals surface area contributed by atoms with Crippen molar-refractivity contribution in [3.05, 3.63) is 18.0 Å². The number of hydrogen-bond acceptors (Lipinski definition) is 6. The van der Waals surface area contributed by atoms with E-state index >= 15 is 0 Å². The molecule has 1 heterocycles. The Morgan fingerprint density at radius 1 is 1.16 bits per heavy atom. The predicted octanol–water partition coefficient (Wildman–Crippen LogP) is 0.685. The summed E-state index contributed by atoms with van der Waals surface area (Å²) >= 11 is 0. The van der Waals surface area contributed by atoms with Gasteiger partial charge in [0.25, 0.3) is 0 Å². The van der Waals surface area contributed by atoms with Gasteiger partial charge in [0.15, 0.2) is 0 Å². The molecule has 0 aliphatic rings. The van der Waals surface area contributed by atoms with Gasteiger partial charge in [-0.3, -0.25) is 0 Å². The van der Waals surface area contributed by atoms with Gasteiger partial charge in [-0.2, -0.15) is 0 Å². The Balaban J connectivity index is 2.33. The van der Waals surface area contributed by atoms with Crippen LogP contribution in [0.4, 0.5) is 5.95 Å². The molecule has 0 aliphatic heterocycles. The molecule has 1 aromatic rings.